The van der Waals surface area contributed by atoms with Gasteiger partial charge in [0.1, 0.15) is 12.4 Å². The lowest BCUT2D eigenvalue weighted by molar-refractivity contribution is -0.134. The Morgan fingerprint density at radius 2 is 1.76 bits per heavy atom. The number of para-hydroxylation sites is 1. The number of fused-ring (bicyclic) bond motifs is 1. The number of hydrogen-bond acceptors (Lipinski definition) is 7. The minimum absolute atomic E-state index is 0.0542. The van der Waals surface area contributed by atoms with E-state index in [1.54, 1.807) is 53.3 Å². The highest BCUT2D eigenvalue weighted by molar-refractivity contribution is 5.84. The van der Waals surface area contributed by atoms with E-state index >= 15 is 0 Å². The zero-order chi connectivity index (χ0) is 26.8. The highest BCUT2D eigenvalue weighted by atomic mass is 19.3. The minimum atomic E-state index is -2.96. The fourth-order valence-corrected chi connectivity index (χ4v) is 4.64. The number of aliphatic hydroxyl groups is 1. The van der Waals surface area contributed by atoms with Crippen molar-refractivity contribution < 1.29 is 23.4 Å². The highest BCUT2D eigenvalue weighted by Gasteiger charge is 2.22. The summed E-state index contributed by atoms with van der Waals surface area (Å²) in [6.07, 6.45) is 3.40. The van der Waals surface area contributed by atoms with E-state index < -0.39 is 13.2 Å². The van der Waals surface area contributed by atoms with Crippen LogP contribution in [0.1, 0.15) is 5.56 Å². The van der Waals surface area contributed by atoms with E-state index in [0.29, 0.717) is 48.6 Å². The summed E-state index contributed by atoms with van der Waals surface area (Å²) < 4.78 is 33.6. The number of piperazine rings is 1. The van der Waals surface area contributed by atoms with Crippen LogP contribution >= 0.6 is 0 Å². The van der Waals surface area contributed by atoms with E-state index in [1.807, 2.05) is 17.0 Å². The van der Waals surface area contributed by atoms with Gasteiger partial charge in [-0.3, -0.25) is 19.0 Å². The Balaban J connectivity index is 1.41. The van der Waals surface area contributed by atoms with E-state index in [9.17, 15) is 18.4 Å². The Bertz CT molecular complexity index is 1510. The zero-order valence-corrected chi connectivity index (χ0v) is 20.6. The first-order valence-electron chi connectivity index (χ1n) is 12.0. The summed E-state index contributed by atoms with van der Waals surface area (Å²) in [6.45, 7) is -1.21. The number of aromatic nitrogens is 4. The molecule has 0 spiro atoms. The Morgan fingerprint density at radius 1 is 1.05 bits per heavy atom. The maximum Gasteiger partial charge on any atom is 0.387 e. The molecule has 38 heavy (non-hydrogen) atoms. The average Bonchev–Trinajstić information content (AvgIpc) is 3.17. The molecular weight excluding hydrogens is 498 g/mol. The number of carbonyl (C=O) groups excluding carboxylic acids is 1. The number of ether oxygens (including phenoxy) is 1. The number of anilines is 1. The topological polar surface area (TPSA) is 106 Å². The molecule has 0 aliphatic carbocycles. The van der Waals surface area contributed by atoms with Gasteiger partial charge in [-0.05, 0) is 23.8 Å². The largest absolute Gasteiger partial charge is 0.434 e. The molecule has 1 aliphatic rings. The lowest BCUT2D eigenvalue weighted by atomic mass is 10.1. The van der Waals surface area contributed by atoms with Crippen molar-refractivity contribution in [1.29, 1.82) is 0 Å². The normalized spacial score (nSPS) is 13.9. The van der Waals surface area contributed by atoms with Gasteiger partial charge in [-0.1, -0.05) is 24.3 Å². The van der Waals surface area contributed by atoms with E-state index in [-0.39, 0.29) is 23.8 Å². The molecule has 1 amide bonds. The number of benzene rings is 2. The SMILES string of the molecule is Cn1c(=O)c2ccc(-c3cnc(N4CCN(C(=O)CO)CC4)nc3)cc2n1Cc1ccccc1OC(F)F. The molecule has 0 radical (unpaired) electrons. The summed E-state index contributed by atoms with van der Waals surface area (Å²) in [7, 11) is 1.63. The molecule has 3 heterocycles. The number of amides is 1. The van der Waals surface area contributed by atoms with Crippen molar-refractivity contribution >= 4 is 22.8 Å². The van der Waals surface area contributed by atoms with Gasteiger partial charge in [0.25, 0.3) is 5.56 Å². The molecule has 5 rings (SSSR count). The maximum atomic E-state index is 12.9. The third kappa shape index (κ3) is 4.94. The summed E-state index contributed by atoms with van der Waals surface area (Å²) in [5, 5.41) is 9.54. The minimum Gasteiger partial charge on any atom is -0.434 e. The Labute approximate surface area is 216 Å². The molecule has 2 aromatic heterocycles. The Morgan fingerprint density at radius 3 is 2.45 bits per heavy atom. The van der Waals surface area contributed by atoms with Gasteiger partial charge in [-0.2, -0.15) is 8.78 Å². The van der Waals surface area contributed by atoms with E-state index in [2.05, 4.69) is 14.7 Å². The van der Waals surface area contributed by atoms with Crippen LogP contribution in [-0.4, -0.2) is 74.6 Å². The summed E-state index contributed by atoms with van der Waals surface area (Å²) in [4.78, 5) is 37.1. The van der Waals surface area contributed by atoms with Crippen molar-refractivity contribution in [2.75, 3.05) is 37.7 Å². The van der Waals surface area contributed by atoms with Crippen LogP contribution in [0.3, 0.4) is 0 Å². The molecule has 1 aliphatic heterocycles. The molecule has 0 atom stereocenters. The van der Waals surface area contributed by atoms with Gasteiger partial charge in [0, 0.05) is 56.7 Å². The summed E-state index contributed by atoms with van der Waals surface area (Å²) in [5.41, 5.74) is 2.48. The van der Waals surface area contributed by atoms with E-state index in [0.717, 1.165) is 11.1 Å². The number of nitrogens with zero attached hydrogens (tertiary/aromatic N) is 6. The highest BCUT2D eigenvalue weighted by Crippen LogP contribution is 2.26. The average molecular weight is 525 g/mol. The number of rotatable bonds is 7. The van der Waals surface area contributed by atoms with Crippen LogP contribution in [0, 0.1) is 0 Å². The van der Waals surface area contributed by atoms with Gasteiger partial charge in [-0.25, -0.2) is 9.97 Å². The molecule has 198 valence electrons. The predicted molar refractivity (Wildman–Crippen MR) is 136 cm³/mol. The van der Waals surface area contributed by atoms with Gasteiger partial charge in [0.2, 0.25) is 11.9 Å². The third-order valence-corrected chi connectivity index (χ3v) is 6.69. The maximum absolute atomic E-state index is 12.9. The smallest absolute Gasteiger partial charge is 0.387 e. The van der Waals surface area contributed by atoms with Crippen molar-refractivity contribution in [1.82, 2.24) is 24.2 Å². The second-order valence-electron chi connectivity index (χ2n) is 8.90. The van der Waals surface area contributed by atoms with Gasteiger partial charge in [-0.15, -0.1) is 0 Å². The molecule has 1 fully saturated rings. The van der Waals surface area contributed by atoms with E-state index in [1.165, 1.54) is 10.7 Å². The van der Waals surface area contributed by atoms with Crippen LogP contribution in [0.25, 0.3) is 22.0 Å². The van der Waals surface area contributed by atoms with Gasteiger partial charge < -0.3 is 19.6 Å². The second kappa shape index (κ2) is 10.6. The van der Waals surface area contributed by atoms with Crippen LogP contribution < -0.4 is 15.2 Å². The van der Waals surface area contributed by atoms with Crippen LogP contribution in [0.5, 0.6) is 5.75 Å². The van der Waals surface area contributed by atoms with Crippen LogP contribution in [0.15, 0.2) is 59.7 Å². The quantitative estimate of drug-likeness (QED) is 0.395. The molecule has 1 saturated heterocycles. The second-order valence-corrected chi connectivity index (χ2v) is 8.90. The van der Waals surface area contributed by atoms with Crippen molar-refractivity contribution in [2.24, 2.45) is 7.05 Å². The summed E-state index contributed by atoms with van der Waals surface area (Å²) in [5.74, 6) is 0.303. The molecule has 12 heteroatoms. The molecule has 10 nitrogen and oxygen atoms in total. The summed E-state index contributed by atoms with van der Waals surface area (Å²) in [6, 6.07) is 11.9. The van der Waals surface area contributed by atoms with Gasteiger partial charge in [0.05, 0.1) is 17.4 Å². The monoisotopic (exact) mass is 524 g/mol. The van der Waals surface area contributed by atoms with Crippen molar-refractivity contribution in [3.05, 3.63) is 70.8 Å². The molecule has 0 saturated carbocycles. The summed E-state index contributed by atoms with van der Waals surface area (Å²) >= 11 is 0. The lowest BCUT2D eigenvalue weighted by Gasteiger charge is -2.34. The third-order valence-electron chi connectivity index (χ3n) is 6.69. The molecule has 4 aromatic rings. The van der Waals surface area contributed by atoms with Crippen molar-refractivity contribution in [3.63, 3.8) is 0 Å². The van der Waals surface area contributed by atoms with Gasteiger partial charge in [0.15, 0.2) is 0 Å². The first kappa shape index (κ1) is 25.3. The van der Waals surface area contributed by atoms with Crippen LogP contribution in [0.2, 0.25) is 0 Å². The zero-order valence-electron chi connectivity index (χ0n) is 20.6. The first-order valence-corrected chi connectivity index (χ1v) is 12.0. The number of aliphatic hydroxyl groups excluding tert-OH is 1. The number of hydrogen-bond donors (Lipinski definition) is 1. The fourth-order valence-electron chi connectivity index (χ4n) is 4.64. The number of halogens is 2. The Hall–Kier alpha value is -4.32. The molecule has 2 aromatic carbocycles. The lowest BCUT2D eigenvalue weighted by Crippen LogP contribution is -2.50. The number of alkyl halides is 2. The van der Waals surface area contributed by atoms with Crippen molar-refractivity contribution in [3.8, 4) is 16.9 Å². The molecular formula is C26H26F2N6O4. The predicted octanol–water partition coefficient (Wildman–Crippen LogP) is 2.09. The standard InChI is InChI=1S/C26H26F2N6O4/c1-31-24(37)20-7-6-17(12-21(20)34(31)15-18-4-2-3-5-22(18)38-25(27)28)19-13-29-26(30-14-19)33-10-8-32(9-11-33)23(36)16-35/h2-7,12-14,25,35H,8-11,15-16H2,1H3. The van der Waals surface area contributed by atoms with Crippen molar-refractivity contribution in [2.45, 2.75) is 13.2 Å². The van der Waals surface area contributed by atoms with E-state index in [4.69, 9.17) is 5.11 Å². The number of carbonyl (C=O) groups is 1. The van der Waals surface area contributed by atoms with Gasteiger partial charge >= 0.3 is 6.61 Å². The Kier molecular flexibility index (Phi) is 7.05. The molecule has 0 unspecified atom stereocenters. The molecule has 0 bridgehead atoms. The fraction of sp³-hybridized carbons (Fsp3) is 0.308. The van der Waals surface area contributed by atoms with Crippen LogP contribution in [0.4, 0.5) is 14.7 Å². The molecule has 1 N–H and O–H groups in total. The first-order chi connectivity index (χ1) is 18.4. The van der Waals surface area contributed by atoms with Crippen LogP contribution in [-0.2, 0) is 18.4 Å².